The van der Waals surface area contributed by atoms with Crippen LogP contribution in [0, 0.1) is 16.2 Å². The van der Waals surface area contributed by atoms with Gasteiger partial charge in [-0.15, -0.1) is 0 Å². The lowest BCUT2D eigenvalue weighted by Crippen LogP contribution is -2.55. The highest BCUT2D eigenvalue weighted by Crippen LogP contribution is 2.71. The molecule has 3 rings (SSSR count). The summed E-state index contributed by atoms with van der Waals surface area (Å²) in [5.74, 6) is 0.465. The normalized spacial score (nSPS) is 37.8. The van der Waals surface area contributed by atoms with Gasteiger partial charge in [-0.25, -0.2) is 0 Å². The second-order valence-electron chi connectivity index (χ2n) is 8.00. The summed E-state index contributed by atoms with van der Waals surface area (Å²) in [4.78, 5) is 29.9. The van der Waals surface area contributed by atoms with Crippen molar-refractivity contribution in [3.05, 3.63) is 0 Å². The number of β-amino-alcohol motifs (C(OH)–C–C–N with tert-alkyl or cyclic N) is 1. The Morgan fingerprint density at radius 3 is 2.23 bits per heavy atom. The SMILES string of the molecule is CC1(C)[C@]2(C(=O)N3CCN(CCO)CC3)CC[C@]1(C)C(=O)C2. The summed E-state index contributed by atoms with van der Waals surface area (Å²) in [5, 5.41) is 9.02. The summed E-state index contributed by atoms with van der Waals surface area (Å²) in [5.41, 5.74) is -1.07. The van der Waals surface area contributed by atoms with Crippen molar-refractivity contribution in [2.24, 2.45) is 16.2 Å². The van der Waals surface area contributed by atoms with E-state index in [2.05, 4.69) is 25.7 Å². The molecule has 2 bridgehead atoms. The number of nitrogens with zero attached hydrogens (tertiary/aromatic N) is 2. The first-order valence-corrected chi connectivity index (χ1v) is 8.44. The minimum absolute atomic E-state index is 0.164. The third-order valence-electron chi connectivity index (χ3n) is 7.19. The number of ketones is 1. The van der Waals surface area contributed by atoms with E-state index in [1.54, 1.807) is 0 Å². The maximum Gasteiger partial charge on any atom is 0.229 e. The lowest BCUT2D eigenvalue weighted by Gasteiger charge is -2.44. The standard InChI is InChI=1S/C17H28N2O3/c1-15(2)16(3)4-5-17(15,12-13(16)21)14(22)19-8-6-18(7-9-19)10-11-20/h20H,4-12H2,1-3H3/t16-,17-/m1/s1. The number of fused-ring (bicyclic) bond motifs is 2. The second kappa shape index (κ2) is 5.03. The molecule has 0 spiro atoms. The highest BCUT2D eigenvalue weighted by molar-refractivity contribution is 5.99. The van der Waals surface area contributed by atoms with Crippen molar-refractivity contribution >= 4 is 11.7 Å². The topological polar surface area (TPSA) is 60.9 Å². The number of carbonyl (C=O) groups excluding carboxylic acids is 2. The van der Waals surface area contributed by atoms with Gasteiger partial charge >= 0.3 is 0 Å². The summed E-state index contributed by atoms with van der Waals surface area (Å²) in [6.45, 7) is 10.2. The monoisotopic (exact) mass is 308 g/mol. The average Bonchev–Trinajstić information content (AvgIpc) is 2.78. The quantitative estimate of drug-likeness (QED) is 0.842. The molecule has 2 atom stereocenters. The zero-order chi connectivity index (χ0) is 16.2. The van der Waals surface area contributed by atoms with Gasteiger partial charge in [0.2, 0.25) is 5.91 Å². The maximum atomic E-state index is 13.3. The minimum atomic E-state index is -0.488. The summed E-state index contributed by atoms with van der Waals surface area (Å²) < 4.78 is 0. The number of amides is 1. The zero-order valence-electron chi connectivity index (χ0n) is 14.0. The molecule has 22 heavy (non-hydrogen) atoms. The molecule has 1 heterocycles. The average molecular weight is 308 g/mol. The number of hydrogen-bond acceptors (Lipinski definition) is 4. The predicted octanol–water partition coefficient (Wildman–Crippen LogP) is 0.908. The van der Waals surface area contributed by atoms with Crippen LogP contribution in [0.15, 0.2) is 0 Å². The van der Waals surface area contributed by atoms with E-state index in [9.17, 15) is 9.59 Å². The van der Waals surface area contributed by atoms with E-state index >= 15 is 0 Å². The van der Waals surface area contributed by atoms with Gasteiger partial charge in [0.15, 0.2) is 0 Å². The van der Waals surface area contributed by atoms with Gasteiger partial charge in [-0.05, 0) is 18.3 Å². The van der Waals surface area contributed by atoms with Crippen molar-refractivity contribution in [2.75, 3.05) is 39.3 Å². The van der Waals surface area contributed by atoms with Crippen molar-refractivity contribution in [3.63, 3.8) is 0 Å². The number of hydrogen-bond donors (Lipinski definition) is 1. The minimum Gasteiger partial charge on any atom is -0.395 e. The third-order valence-corrected chi connectivity index (χ3v) is 7.19. The predicted molar refractivity (Wildman–Crippen MR) is 83.3 cm³/mol. The molecule has 0 unspecified atom stereocenters. The second-order valence-corrected chi connectivity index (χ2v) is 8.00. The number of Topliss-reactive ketones (excluding diaryl/α,β-unsaturated/α-hetero) is 1. The number of piperazine rings is 1. The Kier molecular flexibility index (Phi) is 3.64. The van der Waals surface area contributed by atoms with Gasteiger partial charge in [0.25, 0.3) is 0 Å². The molecule has 0 radical (unpaired) electrons. The van der Waals surface area contributed by atoms with E-state index in [1.165, 1.54) is 0 Å². The molecule has 3 fully saturated rings. The number of carbonyl (C=O) groups is 2. The van der Waals surface area contributed by atoms with Crippen molar-refractivity contribution < 1.29 is 14.7 Å². The summed E-state index contributed by atoms with van der Waals surface area (Å²) in [6, 6.07) is 0. The Bertz CT molecular complexity index is 496. The van der Waals surface area contributed by atoms with Gasteiger partial charge in [-0.2, -0.15) is 0 Å². The Labute approximate surface area is 132 Å². The molecule has 124 valence electrons. The molecular formula is C17H28N2O3. The molecule has 1 N–H and O–H groups in total. The van der Waals surface area contributed by atoms with Crippen LogP contribution in [-0.2, 0) is 9.59 Å². The van der Waals surface area contributed by atoms with Crippen LogP contribution in [0.1, 0.15) is 40.0 Å². The van der Waals surface area contributed by atoms with Gasteiger partial charge in [0.1, 0.15) is 5.78 Å². The zero-order valence-corrected chi connectivity index (χ0v) is 14.0. The van der Waals surface area contributed by atoms with Gasteiger partial charge < -0.3 is 10.0 Å². The Hall–Kier alpha value is -0.940. The Morgan fingerprint density at radius 2 is 1.77 bits per heavy atom. The molecular weight excluding hydrogens is 280 g/mol. The van der Waals surface area contributed by atoms with Crippen LogP contribution in [0.2, 0.25) is 0 Å². The molecule has 1 aliphatic heterocycles. The van der Waals surface area contributed by atoms with Crippen molar-refractivity contribution in [1.82, 2.24) is 9.80 Å². The van der Waals surface area contributed by atoms with Crippen LogP contribution in [0.5, 0.6) is 0 Å². The molecule has 5 nitrogen and oxygen atoms in total. The van der Waals surface area contributed by atoms with E-state index in [0.717, 1.165) is 25.9 Å². The van der Waals surface area contributed by atoms with E-state index in [1.807, 2.05) is 4.90 Å². The third kappa shape index (κ3) is 1.84. The fourth-order valence-corrected chi connectivity index (χ4v) is 4.95. The Balaban J connectivity index is 1.77. The lowest BCUT2D eigenvalue weighted by atomic mass is 9.64. The van der Waals surface area contributed by atoms with E-state index in [-0.39, 0.29) is 29.1 Å². The first kappa shape index (κ1) is 15.9. The summed E-state index contributed by atoms with van der Waals surface area (Å²) in [6.07, 6.45) is 2.11. The summed E-state index contributed by atoms with van der Waals surface area (Å²) >= 11 is 0. The fourth-order valence-electron chi connectivity index (χ4n) is 4.95. The maximum absolute atomic E-state index is 13.3. The first-order chi connectivity index (χ1) is 10.3. The molecule has 3 aliphatic rings. The molecule has 0 aromatic rings. The highest BCUT2D eigenvalue weighted by Gasteiger charge is 2.73. The van der Waals surface area contributed by atoms with Crippen molar-refractivity contribution in [2.45, 2.75) is 40.0 Å². The largest absolute Gasteiger partial charge is 0.395 e. The highest BCUT2D eigenvalue weighted by atomic mass is 16.3. The number of aliphatic hydroxyl groups excluding tert-OH is 1. The summed E-state index contributed by atoms with van der Waals surface area (Å²) in [7, 11) is 0. The van der Waals surface area contributed by atoms with Crippen LogP contribution in [0.3, 0.4) is 0 Å². The van der Waals surface area contributed by atoms with Crippen molar-refractivity contribution in [3.8, 4) is 0 Å². The fraction of sp³-hybridized carbons (Fsp3) is 0.882. The van der Waals surface area contributed by atoms with Gasteiger partial charge in [-0.3, -0.25) is 14.5 Å². The van der Waals surface area contributed by atoms with Crippen LogP contribution in [-0.4, -0.2) is 65.9 Å². The van der Waals surface area contributed by atoms with E-state index in [0.29, 0.717) is 26.1 Å². The molecule has 2 saturated carbocycles. The molecule has 2 aliphatic carbocycles. The van der Waals surface area contributed by atoms with Crippen LogP contribution in [0.4, 0.5) is 0 Å². The van der Waals surface area contributed by atoms with E-state index < -0.39 is 5.41 Å². The molecule has 0 aromatic carbocycles. The van der Waals surface area contributed by atoms with Gasteiger partial charge in [-0.1, -0.05) is 20.8 Å². The smallest absolute Gasteiger partial charge is 0.229 e. The van der Waals surface area contributed by atoms with Gasteiger partial charge in [0.05, 0.1) is 12.0 Å². The molecule has 1 saturated heterocycles. The molecule has 1 amide bonds. The van der Waals surface area contributed by atoms with Gasteiger partial charge in [0, 0.05) is 44.6 Å². The molecule has 0 aromatic heterocycles. The van der Waals surface area contributed by atoms with Crippen LogP contribution in [0.25, 0.3) is 0 Å². The Morgan fingerprint density at radius 1 is 1.14 bits per heavy atom. The molecule has 5 heteroatoms. The number of rotatable bonds is 3. The number of aliphatic hydroxyl groups is 1. The van der Waals surface area contributed by atoms with Crippen LogP contribution >= 0.6 is 0 Å². The van der Waals surface area contributed by atoms with Crippen LogP contribution < -0.4 is 0 Å². The van der Waals surface area contributed by atoms with Crippen molar-refractivity contribution in [1.29, 1.82) is 0 Å². The van der Waals surface area contributed by atoms with E-state index in [4.69, 9.17) is 5.11 Å². The lowest BCUT2D eigenvalue weighted by molar-refractivity contribution is -0.149. The first-order valence-electron chi connectivity index (χ1n) is 8.44.